The number of rotatable bonds is 6. The van der Waals surface area contributed by atoms with Gasteiger partial charge in [-0.05, 0) is 47.7 Å². The maximum atomic E-state index is 11.9. The second-order valence-corrected chi connectivity index (χ2v) is 5.22. The molecule has 0 aliphatic rings. The fourth-order valence-electron chi connectivity index (χ4n) is 1.43. The summed E-state index contributed by atoms with van der Waals surface area (Å²) in [7, 11) is 1.31. The minimum atomic E-state index is -0.604. The average Bonchev–Trinajstić information content (AvgIpc) is 2.42. The predicted octanol–water partition coefficient (Wildman–Crippen LogP) is 2.61. The van der Waals surface area contributed by atoms with Gasteiger partial charge in [0.2, 0.25) is 0 Å². The third kappa shape index (κ3) is 4.93. The van der Waals surface area contributed by atoms with Gasteiger partial charge in [0.1, 0.15) is 6.10 Å². The smallest absolute Gasteiger partial charge is 0.337 e. The lowest BCUT2D eigenvalue weighted by Gasteiger charge is -2.13. The van der Waals surface area contributed by atoms with Gasteiger partial charge in [-0.25, -0.2) is 4.79 Å². The second-order valence-electron chi connectivity index (χ2n) is 3.97. The van der Waals surface area contributed by atoms with Gasteiger partial charge in [0.15, 0.2) is 0 Å². The minimum Gasteiger partial charge on any atom is -0.465 e. The van der Waals surface area contributed by atoms with Crippen LogP contribution in [-0.4, -0.2) is 31.7 Å². The maximum absolute atomic E-state index is 11.9. The molecule has 1 aromatic rings. The van der Waals surface area contributed by atoms with Crippen LogP contribution in [0.15, 0.2) is 30.9 Å². The van der Waals surface area contributed by atoms with Gasteiger partial charge in [0.05, 0.1) is 19.3 Å². The number of methoxy groups -OCH3 is 1. The average molecular weight is 389 g/mol. The van der Waals surface area contributed by atoms with E-state index in [0.29, 0.717) is 17.9 Å². The standard InChI is InChI=1S/C14H16INO4/c1-4-5-20-9(2)13(17)16-12-7-10(14(18)19-3)6-11(15)8-12/h4,6-9H,1,5H2,2-3H3,(H,16,17)/t9-/m0/s1. The van der Waals surface area contributed by atoms with Crippen molar-refractivity contribution in [2.45, 2.75) is 13.0 Å². The zero-order valence-electron chi connectivity index (χ0n) is 11.3. The van der Waals surface area contributed by atoms with E-state index in [4.69, 9.17) is 4.74 Å². The first-order valence-electron chi connectivity index (χ1n) is 5.90. The first-order chi connectivity index (χ1) is 9.47. The van der Waals surface area contributed by atoms with E-state index in [0.717, 1.165) is 3.57 Å². The van der Waals surface area contributed by atoms with Crippen LogP contribution in [0.1, 0.15) is 17.3 Å². The molecule has 6 heteroatoms. The van der Waals surface area contributed by atoms with Crippen molar-refractivity contribution < 1.29 is 19.1 Å². The fraction of sp³-hybridized carbons (Fsp3) is 0.286. The Bertz CT molecular complexity index is 516. The molecule has 5 nitrogen and oxygen atoms in total. The Labute approximate surface area is 131 Å². The van der Waals surface area contributed by atoms with Gasteiger partial charge in [-0.1, -0.05) is 6.08 Å². The molecule has 1 atom stereocenters. The molecule has 0 fully saturated rings. The lowest BCUT2D eigenvalue weighted by molar-refractivity contribution is -0.125. The van der Waals surface area contributed by atoms with Crippen LogP contribution in [0.3, 0.4) is 0 Å². The molecule has 1 amide bonds. The molecule has 0 aliphatic heterocycles. The van der Waals surface area contributed by atoms with Crippen molar-refractivity contribution in [3.8, 4) is 0 Å². The number of halogens is 1. The molecular formula is C14H16INO4. The molecule has 1 aromatic carbocycles. The Morgan fingerprint density at radius 2 is 2.15 bits per heavy atom. The number of amides is 1. The van der Waals surface area contributed by atoms with Crippen molar-refractivity contribution in [3.05, 3.63) is 40.0 Å². The molecule has 1 rings (SSSR count). The topological polar surface area (TPSA) is 64.6 Å². The molecule has 0 aliphatic carbocycles. The first kappa shape index (κ1) is 16.6. The van der Waals surface area contributed by atoms with Crippen molar-refractivity contribution in [1.82, 2.24) is 0 Å². The number of hydrogen-bond acceptors (Lipinski definition) is 4. The number of esters is 1. The molecule has 0 bridgehead atoms. The van der Waals surface area contributed by atoms with Crippen molar-refractivity contribution in [3.63, 3.8) is 0 Å². The molecule has 0 radical (unpaired) electrons. The van der Waals surface area contributed by atoms with Crippen molar-refractivity contribution in [2.24, 2.45) is 0 Å². The van der Waals surface area contributed by atoms with Gasteiger partial charge in [-0.15, -0.1) is 6.58 Å². The molecule has 1 N–H and O–H groups in total. The van der Waals surface area contributed by atoms with Crippen molar-refractivity contribution in [2.75, 3.05) is 19.0 Å². The number of carbonyl (C=O) groups excluding carboxylic acids is 2. The normalized spacial score (nSPS) is 11.6. The summed E-state index contributed by atoms with van der Waals surface area (Å²) >= 11 is 2.06. The highest BCUT2D eigenvalue weighted by molar-refractivity contribution is 14.1. The van der Waals surface area contributed by atoms with E-state index >= 15 is 0 Å². The van der Waals surface area contributed by atoms with Gasteiger partial charge < -0.3 is 14.8 Å². The molecule has 0 aromatic heterocycles. The molecule has 0 unspecified atom stereocenters. The van der Waals surface area contributed by atoms with Crippen LogP contribution >= 0.6 is 22.6 Å². The fourth-order valence-corrected chi connectivity index (χ4v) is 2.10. The van der Waals surface area contributed by atoms with Gasteiger partial charge in [-0.3, -0.25) is 4.79 Å². The van der Waals surface area contributed by atoms with Crippen LogP contribution in [0, 0.1) is 3.57 Å². The summed E-state index contributed by atoms with van der Waals surface area (Å²) in [5, 5.41) is 2.70. The van der Waals surface area contributed by atoms with E-state index in [-0.39, 0.29) is 5.91 Å². The Hall–Kier alpha value is -1.41. The summed E-state index contributed by atoms with van der Waals surface area (Å²) in [6.45, 7) is 5.47. The molecule has 0 saturated heterocycles. The summed E-state index contributed by atoms with van der Waals surface area (Å²) in [5.41, 5.74) is 0.908. The van der Waals surface area contributed by atoms with Crippen molar-refractivity contribution in [1.29, 1.82) is 0 Å². The molecular weight excluding hydrogens is 373 g/mol. The van der Waals surface area contributed by atoms with Crippen LogP contribution in [0.25, 0.3) is 0 Å². The Balaban J connectivity index is 2.81. The van der Waals surface area contributed by atoms with Crippen LogP contribution in [0.4, 0.5) is 5.69 Å². The van der Waals surface area contributed by atoms with Crippen LogP contribution < -0.4 is 5.32 Å². The van der Waals surface area contributed by atoms with E-state index in [1.54, 1.807) is 31.2 Å². The monoisotopic (exact) mass is 389 g/mol. The first-order valence-corrected chi connectivity index (χ1v) is 6.98. The number of anilines is 1. The number of carbonyl (C=O) groups is 2. The summed E-state index contributed by atoms with van der Waals surface area (Å²) < 4.78 is 10.7. The van der Waals surface area contributed by atoms with E-state index in [2.05, 4.69) is 39.2 Å². The lowest BCUT2D eigenvalue weighted by Crippen LogP contribution is -2.27. The Kier molecular flexibility index (Phi) is 6.66. The summed E-state index contributed by atoms with van der Waals surface area (Å²) in [5.74, 6) is -0.736. The minimum absolute atomic E-state index is 0.287. The summed E-state index contributed by atoms with van der Waals surface area (Å²) in [6, 6.07) is 5.00. The molecule has 0 spiro atoms. The Morgan fingerprint density at radius 1 is 1.45 bits per heavy atom. The lowest BCUT2D eigenvalue weighted by atomic mass is 10.2. The zero-order chi connectivity index (χ0) is 15.1. The van der Waals surface area contributed by atoms with E-state index in [9.17, 15) is 9.59 Å². The molecule has 20 heavy (non-hydrogen) atoms. The van der Waals surface area contributed by atoms with Crippen LogP contribution in [-0.2, 0) is 14.3 Å². The number of ether oxygens (including phenoxy) is 2. The van der Waals surface area contributed by atoms with E-state index in [1.807, 2.05) is 0 Å². The van der Waals surface area contributed by atoms with E-state index in [1.165, 1.54) is 7.11 Å². The van der Waals surface area contributed by atoms with Crippen LogP contribution in [0.5, 0.6) is 0 Å². The summed E-state index contributed by atoms with van der Waals surface area (Å²) in [6.07, 6.45) is 0.970. The highest BCUT2D eigenvalue weighted by Gasteiger charge is 2.14. The van der Waals surface area contributed by atoms with Gasteiger partial charge in [0, 0.05) is 9.26 Å². The Morgan fingerprint density at radius 3 is 2.75 bits per heavy atom. The number of benzene rings is 1. The highest BCUT2D eigenvalue weighted by atomic mass is 127. The van der Waals surface area contributed by atoms with E-state index < -0.39 is 12.1 Å². The maximum Gasteiger partial charge on any atom is 0.337 e. The largest absolute Gasteiger partial charge is 0.465 e. The molecule has 0 heterocycles. The zero-order valence-corrected chi connectivity index (χ0v) is 13.5. The third-order valence-electron chi connectivity index (χ3n) is 2.42. The molecule has 108 valence electrons. The SMILES string of the molecule is C=CCO[C@@H](C)C(=O)Nc1cc(I)cc(C(=O)OC)c1. The van der Waals surface area contributed by atoms with Crippen LogP contribution in [0.2, 0.25) is 0 Å². The summed E-state index contributed by atoms with van der Waals surface area (Å²) in [4.78, 5) is 23.4. The highest BCUT2D eigenvalue weighted by Crippen LogP contribution is 2.18. The third-order valence-corrected chi connectivity index (χ3v) is 3.04. The molecule has 0 saturated carbocycles. The number of hydrogen-bond donors (Lipinski definition) is 1. The number of nitrogens with one attached hydrogen (secondary N) is 1. The second kappa shape index (κ2) is 8.01. The van der Waals surface area contributed by atoms with Gasteiger partial charge in [0.25, 0.3) is 5.91 Å². The van der Waals surface area contributed by atoms with Crippen molar-refractivity contribution >= 4 is 40.2 Å². The quantitative estimate of drug-likeness (QED) is 0.462. The van der Waals surface area contributed by atoms with Gasteiger partial charge in [-0.2, -0.15) is 0 Å². The van der Waals surface area contributed by atoms with Gasteiger partial charge >= 0.3 is 5.97 Å². The predicted molar refractivity (Wildman–Crippen MR) is 84.7 cm³/mol.